The first-order chi connectivity index (χ1) is 15.8. The summed E-state index contributed by atoms with van der Waals surface area (Å²) >= 11 is 0. The zero-order valence-corrected chi connectivity index (χ0v) is 20.3. The summed E-state index contributed by atoms with van der Waals surface area (Å²) in [5, 5.41) is 3.92. The third kappa shape index (κ3) is 5.20. The summed E-state index contributed by atoms with van der Waals surface area (Å²) in [6.45, 7) is 7.53. The number of hydrogen-bond donors (Lipinski definition) is 0. The molecule has 178 valence electrons. The van der Waals surface area contributed by atoms with Crippen molar-refractivity contribution in [1.29, 1.82) is 0 Å². The van der Waals surface area contributed by atoms with Crippen molar-refractivity contribution in [3.63, 3.8) is 0 Å². The summed E-state index contributed by atoms with van der Waals surface area (Å²) in [7, 11) is -1.72. The van der Waals surface area contributed by atoms with Crippen molar-refractivity contribution in [3.8, 4) is 0 Å². The minimum absolute atomic E-state index is 0.106. The second-order valence-corrected chi connectivity index (χ2v) is 10.9. The molecule has 2 aliphatic heterocycles. The number of sulfonamides is 1. The van der Waals surface area contributed by atoms with Crippen molar-refractivity contribution in [2.24, 2.45) is 5.92 Å². The molecule has 1 aromatic carbocycles. The number of aromatic nitrogens is 1. The first-order valence-corrected chi connectivity index (χ1v) is 12.9. The molecule has 9 heteroatoms. The van der Waals surface area contributed by atoms with Crippen molar-refractivity contribution < 1.29 is 17.7 Å². The summed E-state index contributed by atoms with van der Waals surface area (Å²) in [6, 6.07) is 7.92. The van der Waals surface area contributed by atoms with Gasteiger partial charge in [0.25, 0.3) is 0 Å². The number of aryl methyl sites for hydroxylation is 2. The summed E-state index contributed by atoms with van der Waals surface area (Å²) in [6.07, 6.45) is 4.53. The van der Waals surface area contributed by atoms with E-state index in [-0.39, 0.29) is 22.5 Å². The molecule has 3 heterocycles. The van der Waals surface area contributed by atoms with Gasteiger partial charge in [-0.3, -0.25) is 4.79 Å². The van der Waals surface area contributed by atoms with E-state index in [1.165, 1.54) is 4.31 Å². The lowest BCUT2D eigenvalue weighted by atomic mass is 9.96. The number of carbonyl (C=O) groups excluding carboxylic acids is 1. The third-order valence-electron chi connectivity index (χ3n) is 6.55. The number of rotatable bonds is 5. The van der Waals surface area contributed by atoms with Gasteiger partial charge in [-0.2, -0.15) is 4.31 Å². The van der Waals surface area contributed by atoms with Gasteiger partial charge in [-0.05, 0) is 45.4 Å². The van der Waals surface area contributed by atoms with E-state index in [4.69, 9.17) is 4.52 Å². The molecule has 0 aliphatic carbocycles. The molecule has 0 saturated carbocycles. The Labute approximate surface area is 195 Å². The maximum Gasteiger partial charge on any atom is 0.248 e. The maximum atomic E-state index is 13.5. The number of amides is 1. The van der Waals surface area contributed by atoms with E-state index in [9.17, 15) is 13.2 Å². The summed E-state index contributed by atoms with van der Waals surface area (Å²) < 4.78 is 33.7. The summed E-state index contributed by atoms with van der Waals surface area (Å²) in [5.41, 5.74) is 2.44. The minimum Gasteiger partial charge on any atom is -0.355 e. The van der Waals surface area contributed by atoms with Crippen LogP contribution in [0, 0.1) is 19.8 Å². The fourth-order valence-corrected chi connectivity index (χ4v) is 6.13. The molecule has 2 fully saturated rings. The molecular formula is C24H32N4O4S. The second-order valence-electron chi connectivity index (χ2n) is 9.01. The predicted molar refractivity (Wildman–Crippen MR) is 127 cm³/mol. The molecule has 0 N–H and O–H groups in total. The average Bonchev–Trinajstić information content (AvgIpc) is 3.20. The van der Waals surface area contributed by atoms with Gasteiger partial charge in [-0.15, -0.1) is 0 Å². The lowest BCUT2D eigenvalue weighted by Gasteiger charge is -2.37. The SMILES string of the molecule is Cc1ccc(/C=C/c2onc(C)c2S(=O)(=O)N2CCC(C(=O)N3CCN(C)CC3)CC2)cc1. The van der Waals surface area contributed by atoms with E-state index in [1.807, 2.05) is 42.2 Å². The fourth-order valence-electron chi connectivity index (χ4n) is 4.41. The third-order valence-corrected chi connectivity index (χ3v) is 8.61. The van der Waals surface area contributed by atoms with Crippen LogP contribution in [0.4, 0.5) is 0 Å². The van der Waals surface area contributed by atoms with Gasteiger partial charge in [0, 0.05) is 45.2 Å². The zero-order chi connectivity index (χ0) is 23.6. The van der Waals surface area contributed by atoms with Crippen LogP contribution in [0.2, 0.25) is 0 Å². The first-order valence-electron chi connectivity index (χ1n) is 11.4. The highest BCUT2D eigenvalue weighted by atomic mass is 32.2. The van der Waals surface area contributed by atoms with Crippen LogP contribution in [0.15, 0.2) is 33.7 Å². The molecule has 0 unspecified atom stereocenters. The lowest BCUT2D eigenvalue weighted by Crippen LogP contribution is -2.51. The summed E-state index contributed by atoms with van der Waals surface area (Å²) in [5.74, 6) is 0.260. The molecule has 2 saturated heterocycles. The minimum atomic E-state index is -3.78. The highest BCUT2D eigenvalue weighted by molar-refractivity contribution is 7.89. The zero-order valence-electron chi connectivity index (χ0n) is 19.5. The van der Waals surface area contributed by atoms with Crippen LogP contribution in [0.1, 0.15) is 35.4 Å². The van der Waals surface area contributed by atoms with E-state index >= 15 is 0 Å². The molecule has 2 aliphatic rings. The Kier molecular flexibility index (Phi) is 7.02. The Hall–Kier alpha value is -2.49. The smallest absolute Gasteiger partial charge is 0.248 e. The van der Waals surface area contributed by atoms with E-state index in [0.29, 0.717) is 31.6 Å². The molecule has 2 aromatic rings. The number of piperazine rings is 1. The second kappa shape index (κ2) is 9.79. The number of hydrogen-bond acceptors (Lipinski definition) is 6. The van der Waals surface area contributed by atoms with Crippen LogP contribution in [-0.2, 0) is 14.8 Å². The van der Waals surface area contributed by atoms with Gasteiger partial charge in [0.1, 0.15) is 5.69 Å². The number of likely N-dealkylation sites (N-methyl/N-ethyl adjacent to an activating group) is 1. The molecule has 0 spiro atoms. The van der Waals surface area contributed by atoms with Crippen LogP contribution < -0.4 is 0 Å². The van der Waals surface area contributed by atoms with Crippen molar-refractivity contribution in [1.82, 2.24) is 19.3 Å². The highest BCUT2D eigenvalue weighted by Crippen LogP contribution is 2.30. The Balaban J connectivity index is 1.44. The molecular weight excluding hydrogens is 440 g/mol. The maximum absolute atomic E-state index is 13.5. The number of nitrogens with zero attached hydrogens (tertiary/aromatic N) is 4. The van der Waals surface area contributed by atoms with Gasteiger partial charge in [-0.1, -0.05) is 41.1 Å². The van der Waals surface area contributed by atoms with Gasteiger partial charge in [-0.25, -0.2) is 8.42 Å². The molecule has 4 rings (SSSR count). The standard InChI is InChI=1S/C24H32N4O4S/c1-18-4-6-20(7-5-18)8-9-22-23(19(2)25-32-22)33(30,31)28-12-10-21(11-13-28)24(29)27-16-14-26(3)15-17-27/h4-9,21H,10-17H2,1-3H3/b9-8+. The number of carbonyl (C=O) groups is 1. The van der Waals surface area contributed by atoms with Crippen molar-refractivity contribution in [2.75, 3.05) is 46.3 Å². The Bertz CT molecular complexity index is 1110. The highest BCUT2D eigenvalue weighted by Gasteiger charge is 2.37. The summed E-state index contributed by atoms with van der Waals surface area (Å²) in [4.78, 5) is 17.1. The molecule has 0 radical (unpaired) electrons. The van der Waals surface area contributed by atoms with Crippen LogP contribution in [0.5, 0.6) is 0 Å². The molecule has 0 atom stereocenters. The van der Waals surface area contributed by atoms with Crippen molar-refractivity contribution in [2.45, 2.75) is 31.6 Å². The average molecular weight is 473 g/mol. The molecule has 8 nitrogen and oxygen atoms in total. The predicted octanol–water partition coefficient (Wildman–Crippen LogP) is 2.64. The Morgan fingerprint density at radius 2 is 1.64 bits per heavy atom. The van der Waals surface area contributed by atoms with Crippen LogP contribution in [0.25, 0.3) is 12.2 Å². The number of piperidine rings is 1. The van der Waals surface area contributed by atoms with Crippen molar-refractivity contribution >= 4 is 28.1 Å². The Morgan fingerprint density at radius 1 is 1.00 bits per heavy atom. The van der Waals surface area contributed by atoms with Gasteiger partial charge in [0.05, 0.1) is 0 Å². The largest absolute Gasteiger partial charge is 0.355 e. The lowest BCUT2D eigenvalue weighted by molar-refractivity contribution is -0.138. The van der Waals surface area contributed by atoms with Crippen LogP contribution >= 0.6 is 0 Å². The van der Waals surface area contributed by atoms with Gasteiger partial charge in [0.15, 0.2) is 10.7 Å². The molecule has 33 heavy (non-hydrogen) atoms. The van der Waals surface area contributed by atoms with Gasteiger partial charge >= 0.3 is 0 Å². The van der Waals surface area contributed by atoms with Gasteiger partial charge in [0.2, 0.25) is 15.9 Å². The normalized spacial score (nSPS) is 19.4. The van der Waals surface area contributed by atoms with E-state index < -0.39 is 10.0 Å². The molecule has 1 amide bonds. The van der Waals surface area contributed by atoms with E-state index in [1.54, 1.807) is 13.0 Å². The fraction of sp³-hybridized carbons (Fsp3) is 0.500. The van der Waals surface area contributed by atoms with E-state index in [0.717, 1.165) is 37.3 Å². The van der Waals surface area contributed by atoms with Crippen molar-refractivity contribution in [3.05, 3.63) is 46.8 Å². The quantitative estimate of drug-likeness (QED) is 0.665. The van der Waals surface area contributed by atoms with Crippen LogP contribution in [0.3, 0.4) is 0 Å². The van der Waals surface area contributed by atoms with E-state index in [2.05, 4.69) is 17.1 Å². The molecule has 0 bridgehead atoms. The number of benzene rings is 1. The molecule has 1 aromatic heterocycles. The first kappa shape index (κ1) is 23.7. The monoisotopic (exact) mass is 472 g/mol. The van der Waals surface area contributed by atoms with Gasteiger partial charge < -0.3 is 14.3 Å². The topological polar surface area (TPSA) is 87.0 Å². The Morgan fingerprint density at radius 3 is 2.27 bits per heavy atom. The van der Waals surface area contributed by atoms with Crippen LogP contribution in [-0.4, -0.2) is 79.9 Å².